The number of hydrogen-bond donors (Lipinski definition) is 2. The van der Waals surface area contributed by atoms with Gasteiger partial charge in [-0.2, -0.15) is 5.10 Å². The molecule has 0 radical (unpaired) electrons. The van der Waals surface area contributed by atoms with E-state index in [2.05, 4.69) is 20.7 Å². The van der Waals surface area contributed by atoms with Crippen molar-refractivity contribution in [3.05, 3.63) is 48.0 Å². The van der Waals surface area contributed by atoms with Gasteiger partial charge in [0.05, 0.1) is 18.7 Å². The zero-order valence-electron chi connectivity index (χ0n) is 13.8. The summed E-state index contributed by atoms with van der Waals surface area (Å²) in [5.74, 6) is 0. The number of amides is 2. The molecule has 2 atom stereocenters. The molecule has 7 heteroatoms. The van der Waals surface area contributed by atoms with Gasteiger partial charge in [-0.3, -0.25) is 0 Å². The summed E-state index contributed by atoms with van der Waals surface area (Å²) >= 11 is 0. The summed E-state index contributed by atoms with van der Waals surface area (Å²) in [6, 6.07) is 7.95. The fourth-order valence-corrected chi connectivity index (χ4v) is 2.79. The van der Waals surface area contributed by atoms with Crippen molar-refractivity contribution in [2.24, 2.45) is 0 Å². The number of carbonyl (C=O) groups excluding carboxylic acids is 1. The smallest absolute Gasteiger partial charge is 0.315 e. The molecule has 1 fully saturated rings. The first-order valence-corrected chi connectivity index (χ1v) is 8.27. The molecule has 0 bridgehead atoms. The van der Waals surface area contributed by atoms with E-state index in [1.807, 2.05) is 31.2 Å². The van der Waals surface area contributed by atoms with E-state index in [0.717, 1.165) is 30.6 Å². The van der Waals surface area contributed by atoms with E-state index >= 15 is 0 Å². The number of rotatable bonds is 6. The number of benzene rings is 1. The fraction of sp³-hybridized carbons (Fsp3) is 0.471. The van der Waals surface area contributed by atoms with Gasteiger partial charge in [-0.25, -0.2) is 14.5 Å². The lowest BCUT2D eigenvalue weighted by Gasteiger charge is -2.20. The van der Waals surface area contributed by atoms with Gasteiger partial charge in [-0.1, -0.05) is 24.3 Å². The van der Waals surface area contributed by atoms with Crippen LogP contribution in [0, 0.1) is 0 Å². The Hall–Kier alpha value is -2.41. The zero-order valence-corrected chi connectivity index (χ0v) is 13.8. The molecule has 1 aliphatic heterocycles. The highest BCUT2D eigenvalue weighted by atomic mass is 16.5. The highest BCUT2D eigenvalue weighted by molar-refractivity contribution is 5.74. The molecule has 2 heterocycles. The van der Waals surface area contributed by atoms with Gasteiger partial charge in [0, 0.05) is 13.2 Å². The molecule has 1 aromatic heterocycles. The van der Waals surface area contributed by atoms with Crippen LogP contribution in [0.25, 0.3) is 0 Å². The average Bonchev–Trinajstić information content (AvgIpc) is 3.28. The summed E-state index contributed by atoms with van der Waals surface area (Å²) in [5, 5.41) is 9.91. The number of nitrogens with zero attached hydrogens (tertiary/aromatic N) is 3. The van der Waals surface area contributed by atoms with Gasteiger partial charge >= 0.3 is 6.03 Å². The second-order valence-corrected chi connectivity index (χ2v) is 6.08. The van der Waals surface area contributed by atoms with E-state index < -0.39 is 0 Å². The number of hydrogen-bond acceptors (Lipinski definition) is 4. The van der Waals surface area contributed by atoms with Crippen molar-refractivity contribution >= 4 is 6.03 Å². The molecule has 7 nitrogen and oxygen atoms in total. The first-order chi connectivity index (χ1) is 11.7. The number of nitrogens with one attached hydrogen (secondary N) is 2. The number of urea groups is 1. The summed E-state index contributed by atoms with van der Waals surface area (Å²) in [6.45, 7) is 3.95. The molecule has 24 heavy (non-hydrogen) atoms. The van der Waals surface area contributed by atoms with Crippen molar-refractivity contribution in [2.45, 2.75) is 45.0 Å². The maximum Gasteiger partial charge on any atom is 0.315 e. The lowest BCUT2D eigenvalue weighted by Crippen LogP contribution is -2.45. The molecule has 1 saturated heterocycles. The third kappa shape index (κ3) is 4.55. The summed E-state index contributed by atoms with van der Waals surface area (Å²) in [5.41, 5.74) is 2.19. The van der Waals surface area contributed by atoms with Gasteiger partial charge in [0.15, 0.2) is 0 Å². The average molecular weight is 329 g/mol. The molecule has 0 saturated carbocycles. The van der Waals surface area contributed by atoms with Crippen LogP contribution in [0.15, 0.2) is 36.9 Å². The largest absolute Gasteiger partial charge is 0.376 e. The Morgan fingerprint density at radius 2 is 2.17 bits per heavy atom. The molecule has 2 N–H and O–H groups in total. The standard InChI is InChI=1S/C17H23N5O2/c1-13(16-3-2-8-24-16)21-17(23)19-9-14-4-6-15(7-5-14)10-22-12-18-11-20-22/h4-7,11-13,16H,2-3,8-10H2,1H3,(H2,19,21,23). The highest BCUT2D eigenvalue weighted by Gasteiger charge is 2.23. The van der Waals surface area contributed by atoms with Crippen LogP contribution in [0.2, 0.25) is 0 Å². The quantitative estimate of drug-likeness (QED) is 0.845. The molecule has 1 aliphatic rings. The normalized spacial score (nSPS) is 18.3. The summed E-state index contributed by atoms with van der Waals surface area (Å²) in [7, 11) is 0. The lowest BCUT2D eigenvalue weighted by molar-refractivity contribution is 0.0860. The monoisotopic (exact) mass is 329 g/mol. The first-order valence-electron chi connectivity index (χ1n) is 8.27. The van der Waals surface area contributed by atoms with Crippen molar-refractivity contribution in [3.8, 4) is 0 Å². The minimum absolute atomic E-state index is 0.0255. The molecular weight excluding hydrogens is 306 g/mol. The van der Waals surface area contributed by atoms with Crippen LogP contribution in [0.5, 0.6) is 0 Å². The third-order valence-electron chi connectivity index (χ3n) is 4.17. The Balaban J connectivity index is 1.43. The van der Waals surface area contributed by atoms with Gasteiger partial charge in [-0.15, -0.1) is 0 Å². The van der Waals surface area contributed by atoms with Crippen molar-refractivity contribution in [1.29, 1.82) is 0 Å². The van der Waals surface area contributed by atoms with Crippen LogP contribution in [-0.4, -0.2) is 39.5 Å². The van der Waals surface area contributed by atoms with Crippen LogP contribution < -0.4 is 10.6 Å². The molecule has 2 aromatic rings. The van der Waals surface area contributed by atoms with Crippen LogP contribution in [0.3, 0.4) is 0 Å². The predicted octanol–water partition coefficient (Wildman–Crippen LogP) is 1.69. The molecule has 3 rings (SSSR count). The van der Waals surface area contributed by atoms with E-state index in [-0.39, 0.29) is 18.2 Å². The SMILES string of the molecule is CC(NC(=O)NCc1ccc(Cn2cncn2)cc1)C1CCCO1. The van der Waals surface area contributed by atoms with Crippen LogP contribution >= 0.6 is 0 Å². The maximum absolute atomic E-state index is 12.0. The predicted molar refractivity (Wildman–Crippen MR) is 89.4 cm³/mol. The summed E-state index contributed by atoms with van der Waals surface area (Å²) < 4.78 is 7.35. The fourth-order valence-electron chi connectivity index (χ4n) is 2.79. The lowest BCUT2D eigenvalue weighted by atomic mass is 10.1. The Morgan fingerprint density at radius 3 is 2.83 bits per heavy atom. The molecule has 0 spiro atoms. The number of carbonyl (C=O) groups is 1. The van der Waals surface area contributed by atoms with Gasteiger partial charge in [0.2, 0.25) is 0 Å². The summed E-state index contributed by atoms with van der Waals surface area (Å²) in [6.07, 6.45) is 5.42. The molecule has 2 unspecified atom stereocenters. The molecule has 0 aliphatic carbocycles. The number of aromatic nitrogens is 3. The first kappa shape index (κ1) is 16.4. The van der Waals surface area contributed by atoms with E-state index in [9.17, 15) is 4.79 Å². The summed E-state index contributed by atoms with van der Waals surface area (Å²) in [4.78, 5) is 15.9. The van der Waals surface area contributed by atoms with Crippen molar-refractivity contribution in [2.75, 3.05) is 6.61 Å². The zero-order chi connectivity index (χ0) is 16.8. The van der Waals surface area contributed by atoms with Crippen LogP contribution in [0.1, 0.15) is 30.9 Å². The molecular formula is C17H23N5O2. The Kier molecular flexibility index (Phi) is 5.43. The second kappa shape index (κ2) is 7.92. The van der Waals surface area contributed by atoms with Gasteiger partial charge in [0.1, 0.15) is 12.7 Å². The number of ether oxygens (including phenoxy) is 1. The van der Waals surface area contributed by atoms with E-state index in [0.29, 0.717) is 13.1 Å². The molecule has 2 amide bonds. The van der Waals surface area contributed by atoms with Gasteiger partial charge in [0.25, 0.3) is 0 Å². The maximum atomic E-state index is 12.0. The van der Waals surface area contributed by atoms with Crippen molar-refractivity contribution in [1.82, 2.24) is 25.4 Å². The van der Waals surface area contributed by atoms with E-state index in [1.54, 1.807) is 11.0 Å². The van der Waals surface area contributed by atoms with E-state index in [4.69, 9.17) is 4.74 Å². The van der Waals surface area contributed by atoms with Crippen LogP contribution in [-0.2, 0) is 17.8 Å². The van der Waals surface area contributed by atoms with Crippen LogP contribution in [0.4, 0.5) is 4.79 Å². The van der Waals surface area contributed by atoms with Crippen molar-refractivity contribution in [3.63, 3.8) is 0 Å². The Labute approximate surface area is 141 Å². The third-order valence-corrected chi connectivity index (χ3v) is 4.17. The Bertz CT molecular complexity index is 636. The minimum Gasteiger partial charge on any atom is -0.376 e. The Morgan fingerprint density at radius 1 is 1.38 bits per heavy atom. The highest BCUT2D eigenvalue weighted by Crippen LogP contribution is 2.15. The molecule has 1 aromatic carbocycles. The van der Waals surface area contributed by atoms with Gasteiger partial charge < -0.3 is 15.4 Å². The van der Waals surface area contributed by atoms with Gasteiger partial charge in [-0.05, 0) is 30.9 Å². The topological polar surface area (TPSA) is 81.1 Å². The minimum atomic E-state index is -0.162. The second-order valence-electron chi connectivity index (χ2n) is 6.08. The molecule has 128 valence electrons. The van der Waals surface area contributed by atoms with Crippen molar-refractivity contribution < 1.29 is 9.53 Å². The van der Waals surface area contributed by atoms with E-state index in [1.165, 1.54) is 6.33 Å².